The Bertz CT molecular complexity index is 1180. The lowest BCUT2D eigenvalue weighted by Crippen LogP contribution is -2.26. The van der Waals surface area contributed by atoms with Gasteiger partial charge in [0.15, 0.2) is 16.5 Å². The van der Waals surface area contributed by atoms with Gasteiger partial charge in [-0.3, -0.25) is 9.59 Å². The zero-order valence-electron chi connectivity index (χ0n) is 13.2. The van der Waals surface area contributed by atoms with Gasteiger partial charge in [0.05, 0.1) is 12.4 Å². The first-order valence-corrected chi connectivity index (χ1v) is 8.50. The molecule has 0 atom stereocenters. The molecule has 8 nitrogen and oxygen atoms in total. The van der Waals surface area contributed by atoms with Gasteiger partial charge in [-0.25, -0.2) is 13.9 Å². The summed E-state index contributed by atoms with van der Waals surface area (Å²) in [6, 6.07) is 7.62. The van der Waals surface area contributed by atoms with Crippen molar-refractivity contribution in [3.8, 4) is 5.82 Å². The van der Waals surface area contributed by atoms with Gasteiger partial charge < -0.3 is 4.98 Å². The fourth-order valence-corrected chi connectivity index (χ4v) is 3.27. The van der Waals surface area contributed by atoms with Crippen molar-refractivity contribution in [1.29, 1.82) is 0 Å². The number of nitrogens with one attached hydrogen (secondary N) is 1. The summed E-state index contributed by atoms with van der Waals surface area (Å²) in [5.74, 6) is 0.389. The summed E-state index contributed by atoms with van der Waals surface area (Å²) >= 11 is 1.27. The predicted molar refractivity (Wildman–Crippen MR) is 93.0 cm³/mol. The van der Waals surface area contributed by atoms with Gasteiger partial charge in [-0.15, -0.1) is 9.73 Å². The minimum absolute atomic E-state index is 0.243. The van der Waals surface area contributed by atoms with E-state index in [9.17, 15) is 14.0 Å². The Morgan fingerprint density at radius 2 is 1.96 bits per heavy atom. The Hall–Kier alpha value is -3.27. The van der Waals surface area contributed by atoms with E-state index in [1.165, 1.54) is 45.5 Å². The summed E-state index contributed by atoms with van der Waals surface area (Å²) in [5, 5.41) is 8.70. The largest absolute Gasteiger partial charge is 0.324 e. The van der Waals surface area contributed by atoms with Gasteiger partial charge in [0.2, 0.25) is 0 Å². The fourth-order valence-electron chi connectivity index (χ4n) is 2.34. The highest BCUT2D eigenvalue weighted by atomic mass is 32.2. The lowest BCUT2D eigenvalue weighted by molar-refractivity contribution is 0.627. The molecule has 0 amide bonds. The van der Waals surface area contributed by atoms with E-state index in [0.29, 0.717) is 10.9 Å². The van der Waals surface area contributed by atoms with Crippen molar-refractivity contribution in [2.75, 3.05) is 0 Å². The van der Waals surface area contributed by atoms with Crippen LogP contribution in [0.3, 0.4) is 0 Å². The molecule has 0 bridgehead atoms. The molecule has 0 saturated carbocycles. The molecular formula is C16H11FN6O2S. The van der Waals surface area contributed by atoms with Crippen LogP contribution in [-0.4, -0.2) is 29.4 Å². The number of hydrogen-bond acceptors (Lipinski definition) is 6. The number of benzene rings is 1. The number of rotatable bonds is 4. The third kappa shape index (κ3) is 3.02. The number of thioether (sulfide) groups is 1. The van der Waals surface area contributed by atoms with Crippen LogP contribution in [0, 0.1) is 5.82 Å². The molecule has 1 N–H and O–H groups in total. The summed E-state index contributed by atoms with van der Waals surface area (Å²) in [4.78, 5) is 30.6. The van der Waals surface area contributed by atoms with E-state index < -0.39 is 0 Å². The molecule has 0 spiro atoms. The van der Waals surface area contributed by atoms with Crippen LogP contribution in [0.2, 0.25) is 0 Å². The molecule has 0 fully saturated rings. The number of nitrogens with zero attached hydrogens (tertiary/aromatic N) is 5. The number of hydrogen-bond donors (Lipinski definition) is 1. The average Bonchev–Trinajstić information content (AvgIpc) is 3.11. The number of halogens is 1. The number of H-pyrrole nitrogens is 1. The van der Waals surface area contributed by atoms with Gasteiger partial charge in [-0.1, -0.05) is 23.9 Å². The van der Waals surface area contributed by atoms with Crippen molar-refractivity contribution in [3.05, 3.63) is 81.0 Å². The molecule has 0 unspecified atom stereocenters. The van der Waals surface area contributed by atoms with E-state index >= 15 is 0 Å². The van der Waals surface area contributed by atoms with Crippen LogP contribution in [0.5, 0.6) is 0 Å². The SMILES string of the molecule is O=c1cnc(-n2c(SCc3ccc(F)cc3)nn3nccc3c2=O)c[nH]1. The van der Waals surface area contributed by atoms with E-state index in [1.807, 2.05) is 0 Å². The van der Waals surface area contributed by atoms with Gasteiger partial charge in [-0.05, 0) is 23.8 Å². The second kappa shape index (κ2) is 6.56. The first-order chi connectivity index (χ1) is 12.6. The Balaban J connectivity index is 1.80. The van der Waals surface area contributed by atoms with Gasteiger partial charge >= 0.3 is 0 Å². The van der Waals surface area contributed by atoms with Gasteiger partial charge in [0.25, 0.3) is 11.1 Å². The maximum atomic E-state index is 13.0. The minimum atomic E-state index is -0.374. The third-order valence-electron chi connectivity index (χ3n) is 3.59. The number of fused-ring (bicyclic) bond motifs is 1. The highest BCUT2D eigenvalue weighted by molar-refractivity contribution is 7.98. The lowest BCUT2D eigenvalue weighted by Gasteiger charge is -2.10. The van der Waals surface area contributed by atoms with E-state index in [4.69, 9.17) is 0 Å². The zero-order valence-corrected chi connectivity index (χ0v) is 14.0. The normalized spacial score (nSPS) is 11.1. The highest BCUT2D eigenvalue weighted by Crippen LogP contribution is 2.21. The van der Waals surface area contributed by atoms with Crippen LogP contribution in [0.4, 0.5) is 4.39 Å². The Labute approximate surface area is 149 Å². The number of aromatic amines is 1. The Kier molecular flexibility index (Phi) is 4.09. The summed E-state index contributed by atoms with van der Waals surface area (Å²) in [6.45, 7) is 0. The third-order valence-corrected chi connectivity index (χ3v) is 4.59. The van der Waals surface area contributed by atoms with Crippen LogP contribution >= 0.6 is 11.8 Å². The zero-order chi connectivity index (χ0) is 18.1. The molecule has 4 rings (SSSR count). The van der Waals surface area contributed by atoms with Crippen molar-refractivity contribution < 1.29 is 4.39 Å². The van der Waals surface area contributed by atoms with Crippen molar-refractivity contribution in [2.24, 2.45) is 0 Å². The molecule has 0 saturated heterocycles. The van der Waals surface area contributed by atoms with Crippen LogP contribution in [0.1, 0.15) is 5.56 Å². The monoisotopic (exact) mass is 370 g/mol. The second-order valence-corrected chi connectivity index (χ2v) is 6.26. The van der Waals surface area contributed by atoms with Crippen molar-refractivity contribution in [3.63, 3.8) is 0 Å². The molecule has 0 aliphatic heterocycles. The molecule has 1 aromatic carbocycles. The van der Waals surface area contributed by atoms with Crippen LogP contribution in [0.15, 0.2) is 63.7 Å². The minimum Gasteiger partial charge on any atom is -0.324 e. The van der Waals surface area contributed by atoms with Crippen molar-refractivity contribution in [2.45, 2.75) is 10.9 Å². The van der Waals surface area contributed by atoms with Crippen molar-refractivity contribution >= 4 is 17.3 Å². The van der Waals surface area contributed by atoms with Crippen LogP contribution in [-0.2, 0) is 5.75 Å². The molecule has 26 heavy (non-hydrogen) atoms. The summed E-state index contributed by atoms with van der Waals surface area (Å²) in [6.07, 6.45) is 3.92. The van der Waals surface area contributed by atoms with Gasteiger partial charge in [-0.2, -0.15) is 5.10 Å². The quantitative estimate of drug-likeness (QED) is 0.545. The molecule has 10 heteroatoms. The summed E-state index contributed by atoms with van der Waals surface area (Å²) < 4.78 is 15.6. The van der Waals surface area contributed by atoms with Gasteiger partial charge in [0.1, 0.15) is 5.82 Å². The first kappa shape index (κ1) is 16.2. The molecule has 3 aromatic heterocycles. The second-order valence-electron chi connectivity index (χ2n) is 5.31. The van der Waals surface area contributed by atoms with Crippen molar-refractivity contribution in [1.82, 2.24) is 29.4 Å². The molecule has 130 valence electrons. The van der Waals surface area contributed by atoms with Crippen LogP contribution in [0.25, 0.3) is 11.3 Å². The summed E-state index contributed by atoms with van der Waals surface area (Å²) in [7, 11) is 0. The van der Waals surface area contributed by atoms with Gasteiger partial charge in [0, 0.05) is 11.9 Å². The molecule has 0 aliphatic rings. The Morgan fingerprint density at radius 1 is 1.15 bits per heavy atom. The van der Waals surface area contributed by atoms with Crippen LogP contribution < -0.4 is 11.1 Å². The molecule has 3 heterocycles. The van der Waals surface area contributed by atoms with E-state index in [1.54, 1.807) is 18.2 Å². The topological polar surface area (TPSA) is 97.9 Å². The molecule has 0 aliphatic carbocycles. The smallest absolute Gasteiger partial charge is 0.286 e. The number of aromatic nitrogens is 6. The Morgan fingerprint density at radius 3 is 2.69 bits per heavy atom. The lowest BCUT2D eigenvalue weighted by atomic mass is 10.2. The standard InChI is InChI=1S/C16H11FN6O2S/c17-11-3-1-10(2-4-11)9-26-16-21-23-12(5-6-20-23)15(25)22(16)13-7-19-14(24)8-18-13/h1-8H,9H2,(H,19,24). The maximum absolute atomic E-state index is 13.0. The fraction of sp³-hybridized carbons (Fsp3) is 0.0625. The van der Waals surface area contributed by atoms with E-state index in [2.05, 4.69) is 20.2 Å². The maximum Gasteiger partial charge on any atom is 0.286 e. The van der Waals surface area contributed by atoms with E-state index in [-0.39, 0.29) is 28.3 Å². The molecular weight excluding hydrogens is 359 g/mol. The molecule has 0 radical (unpaired) electrons. The van der Waals surface area contributed by atoms with E-state index in [0.717, 1.165) is 11.8 Å². The summed E-state index contributed by atoms with van der Waals surface area (Å²) in [5.41, 5.74) is 0.413. The predicted octanol–water partition coefficient (Wildman–Crippen LogP) is 1.39. The first-order valence-electron chi connectivity index (χ1n) is 7.51. The average molecular weight is 370 g/mol. The molecule has 4 aromatic rings. The highest BCUT2D eigenvalue weighted by Gasteiger charge is 2.15.